The molecule has 0 aliphatic carbocycles. The summed E-state index contributed by atoms with van der Waals surface area (Å²) in [5.74, 6) is 1.51. The van der Waals surface area contributed by atoms with Crippen molar-refractivity contribution in [3.8, 4) is 11.5 Å². The molecule has 2 rings (SSSR count). The van der Waals surface area contributed by atoms with Gasteiger partial charge in [0.2, 0.25) is 11.8 Å². The van der Waals surface area contributed by atoms with E-state index >= 15 is 0 Å². The Morgan fingerprint density at radius 3 is 2.56 bits per heavy atom. The molecule has 16 heavy (non-hydrogen) atoms. The highest BCUT2D eigenvalue weighted by Crippen LogP contribution is 2.25. The molecule has 0 spiro atoms. The molecule has 0 bridgehead atoms. The van der Waals surface area contributed by atoms with Crippen LogP contribution >= 0.6 is 15.9 Å². The van der Waals surface area contributed by atoms with Gasteiger partial charge in [0, 0.05) is 16.0 Å². The monoisotopic (exact) mass is 280 g/mol. The highest BCUT2D eigenvalue weighted by atomic mass is 79.9. The largest absolute Gasteiger partial charge is 0.420 e. The lowest BCUT2D eigenvalue weighted by atomic mass is 10.1. The normalized spacial score (nSPS) is 11.1. The van der Waals surface area contributed by atoms with E-state index in [0.717, 1.165) is 10.0 Å². The minimum atomic E-state index is 0.259. The maximum atomic E-state index is 5.58. The SMILES string of the molecule is Cc1ccc(-c2nnc(C(C)C)o2)cc1Br. The van der Waals surface area contributed by atoms with Crippen LogP contribution in [0, 0.1) is 6.92 Å². The Morgan fingerprint density at radius 1 is 1.25 bits per heavy atom. The third-order valence-corrected chi connectivity index (χ3v) is 3.21. The molecular weight excluding hydrogens is 268 g/mol. The summed E-state index contributed by atoms with van der Waals surface area (Å²) in [6.07, 6.45) is 0. The molecule has 0 radical (unpaired) electrons. The molecule has 1 aromatic carbocycles. The number of halogens is 1. The Hall–Kier alpha value is -1.16. The maximum Gasteiger partial charge on any atom is 0.247 e. The number of aromatic nitrogens is 2. The summed E-state index contributed by atoms with van der Waals surface area (Å²) in [5, 5.41) is 8.05. The van der Waals surface area contributed by atoms with Gasteiger partial charge in [-0.2, -0.15) is 0 Å². The fourth-order valence-electron chi connectivity index (χ4n) is 1.31. The van der Waals surface area contributed by atoms with Gasteiger partial charge in [-0.1, -0.05) is 35.8 Å². The minimum absolute atomic E-state index is 0.259. The van der Waals surface area contributed by atoms with Gasteiger partial charge in [-0.3, -0.25) is 0 Å². The zero-order chi connectivity index (χ0) is 11.7. The van der Waals surface area contributed by atoms with Gasteiger partial charge < -0.3 is 4.42 Å². The topological polar surface area (TPSA) is 38.9 Å². The Morgan fingerprint density at radius 2 is 2.00 bits per heavy atom. The van der Waals surface area contributed by atoms with Crippen LogP contribution in [0.4, 0.5) is 0 Å². The van der Waals surface area contributed by atoms with Gasteiger partial charge in [0.25, 0.3) is 0 Å². The second-order valence-electron chi connectivity index (χ2n) is 4.06. The molecule has 0 N–H and O–H groups in total. The summed E-state index contributed by atoms with van der Waals surface area (Å²) < 4.78 is 6.63. The molecule has 3 nitrogen and oxygen atoms in total. The fourth-order valence-corrected chi connectivity index (χ4v) is 1.69. The molecule has 0 saturated carbocycles. The molecule has 0 unspecified atom stereocenters. The standard InChI is InChI=1S/C12H13BrN2O/c1-7(2)11-14-15-12(16-11)9-5-4-8(3)10(13)6-9/h4-7H,1-3H3. The van der Waals surface area contributed by atoms with E-state index in [1.54, 1.807) is 0 Å². The number of benzene rings is 1. The molecule has 1 heterocycles. The Kier molecular flexibility index (Phi) is 3.10. The second kappa shape index (κ2) is 4.37. The van der Waals surface area contributed by atoms with Crippen LogP contribution in [0.1, 0.15) is 31.2 Å². The first kappa shape index (κ1) is 11.3. The molecule has 4 heteroatoms. The third kappa shape index (κ3) is 2.16. The van der Waals surface area contributed by atoms with Gasteiger partial charge in [0.1, 0.15) is 0 Å². The molecule has 0 aliphatic rings. The summed E-state index contributed by atoms with van der Waals surface area (Å²) in [6.45, 7) is 6.10. The van der Waals surface area contributed by atoms with E-state index in [2.05, 4.69) is 26.1 Å². The number of hydrogen-bond donors (Lipinski definition) is 0. The van der Waals surface area contributed by atoms with Gasteiger partial charge >= 0.3 is 0 Å². The molecule has 0 amide bonds. The maximum absolute atomic E-state index is 5.58. The number of rotatable bonds is 2. The highest BCUT2D eigenvalue weighted by molar-refractivity contribution is 9.10. The lowest BCUT2D eigenvalue weighted by Gasteiger charge is -2.00. The summed E-state index contributed by atoms with van der Waals surface area (Å²) in [6, 6.07) is 6.00. The summed E-state index contributed by atoms with van der Waals surface area (Å²) in [4.78, 5) is 0. The van der Waals surface area contributed by atoms with Crippen LogP contribution < -0.4 is 0 Å². The summed E-state index contributed by atoms with van der Waals surface area (Å²) >= 11 is 3.49. The van der Waals surface area contributed by atoms with E-state index in [-0.39, 0.29) is 5.92 Å². The van der Waals surface area contributed by atoms with Crippen LogP contribution in [0.3, 0.4) is 0 Å². The zero-order valence-corrected chi connectivity index (χ0v) is 11.1. The predicted octanol–water partition coefficient (Wildman–Crippen LogP) is 3.93. The number of hydrogen-bond acceptors (Lipinski definition) is 3. The van der Waals surface area contributed by atoms with Crippen LogP contribution in [0.15, 0.2) is 27.1 Å². The molecule has 0 atom stereocenters. The average Bonchev–Trinajstić information content (AvgIpc) is 2.71. The first-order valence-electron chi connectivity index (χ1n) is 5.18. The molecule has 1 aromatic heterocycles. The minimum Gasteiger partial charge on any atom is -0.420 e. The second-order valence-corrected chi connectivity index (χ2v) is 4.92. The molecule has 2 aromatic rings. The third-order valence-electron chi connectivity index (χ3n) is 2.35. The molecular formula is C12H13BrN2O. The van der Waals surface area contributed by atoms with Crippen molar-refractivity contribution in [3.63, 3.8) is 0 Å². The van der Waals surface area contributed by atoms with Gasteiger partial charge in [-0.15, -0.1) is 10.2 Å². The quantitative estimate of drug-likeness (QED) is 0.837. The van der Waals surface area contributed by atoms with E-state index in [0.29, 0.717) is 11.8 Å². The predicted molar refractivity (Wildman–Crippen MR) is 66.3 cm³/mol. The van der Waals surface area contributed by atoms with E-state index in [1.807, 2.05) is 39.0 Å². The van der Waals surface area contributed by atoms with Crippen molar-refractivity contribution in [1.82, 2.24) is 10.2 Å². The zero-order valence-electron chi connectivity index (χ0n) is 9.49. The fraction of sp³-hybridized carbons (Fsp3) is 0.333. The van der Waals surface area contributed by atoms with Crippen LogP contribution in [0.25, 0.3) is 11.5 Å². The van der Waals surface area contributed by atoms with E-state index < -0.39 is 0 Å². The average molecular weight is 281 g/mol. The van der Waals surface area contributed by atoms with Crippen LogP contribution in [-0.2, 0) is 0 Å². The van der Waals surface area contributed by atoms with E-state index in [1.165, 1.54) is 5.56 Å². The van der Waals surface area contributed by atoms with Crippen molar-refractivity contribution in [2.45, 2.75) is 26.7 Å². The summed E-state index contributed by atoms with van der Waals surface area (Å²) in [7, 11) is 0. The van der Waals surface area contributed by atoms with Gasteiger partial charge in [-0.25, -0.2) is 0 Å². The van der Waals surface area contributed by atoms with Crippen molar-refractivity contribution in [2.75, 3.05) is 0 Å². The smallest absolute Gasteiger partial charge is 0.247 e. The molecule has 0 saturated heterocycles. The van der Waals surface area contributed by atoms with Crippen molar-refractivity contribution < 1.29 is 4.42 Å². The van der Waals surface area contributed by atoms with E-state index in [4.69, 9.17) is 4.42 Å². The van der Waals surface area contributed by atoms with E-state index in [9.17, 15) is 0 Å². The lowest BCUT2D eigenvalue weighted by molar-refractivity contribution is 0.481. The van der Waals surface area contributed by atoms with Crippen LogP contribution in [0.2, 0.25) is 0 Å². The first-order valence-corrected chi connectivity index (χ1v) is 5.97. The molecule has 0 aliphatic heterocycles. The Balaban J connectivity index is 2.39. The number of nitrogens with zero attached hydrogens (tertiary/aromatic N) is 2. The first-order chi connectivity index (χ1) is 7.58. The highest BCUT2D eigenvalue weighted by Gasteiger charge is 2.11. The van der Waals surface area contributed by atoms with Gasteiger partial charge in [-0.05, 0) is 24.6 Å². The van der Waals surface area contributed by atoms with Crippen molar-refractivity contribution >= 4 is 15.9 Å². The molecule has 0 fully saturated rings. The van der Waals surface area contributed by atoms with Crippen molar-refractivity contribution in [3.05, 3.63) is 34.1 Å². The Bertz CT molecular complexity index is 505. The number of aryl methyl sites for hydroxylation is 1. The van der Waals surface area contributed by atoms with Crippen LogP contribution in [0.5, 0.6) is 0 Å². The Labute approximate surface area is 103 Å². The van der Waals surface area contributed by atoms with Gasteiger partial charge in [0.05, 0.1) is 0 Å². The summed E-state index contributed by atoms with van der Waals surface area (Å²) in [5.41, 5.74) is 2.13. The lowest BCUT2D eigenvalue weighted by Crippen LogP contribution is -1.85. The van der Waals surface area contributed by atoms with Crippen molar-refractivity contribution in [2.24, 2.45) is 0 Å². The molecule has 84 valence electrons. The van der Waals surface area contributed by atoms with Crippen LogP contribution in [-0.4, -0.2) is 10.2 Å². The van der Waals surface area contributed by atoms with Crippen molar-refractivity contribution in [1.29, 1.82) is 0 Å². The van der Waals surface area contributed by atoms with Gasteiger partial charge in [0.15, 0.2) is 0 Å².